The summed E-state index contributed by atoms with van der Waals surface area (Å²) in [7, 11) is 1.38. The molecule has 0 aliphatic rings. The summed E-state index contributed by atoms with van der Waals surface area (Å²) in [5.41, 5.74) is 0. The molecule has 0 aliphatic carbocycles. The molecule has 0 saturated heterocycles. The Labute approximate surface area is 100.0 Å². The summed E-state index contributed by atoms with van der Waals surface area (Å²) in [6.07, 6.45) is 0.264. The Morgan fingerprint density at radius 2 is 1.88 bits per heavy atom. The van der Waals surface area contributed by atoms with Crippen LogP contribution in [0.15, 0.2) is 42.5 Å². The smallest absolute Gasteiger partial charge is 0.308 e. The van der Waals surface area contributed by atoms with Gasteiger partial charge in [-0.1, -0.05) is 36.4 Å². The molecule has 0 spiro atoms. The van der Waals surface area contributed by atoms with Crippen LogP contribution in [0.1, 0.15) is 6.42 Å². The molecular formula is C14H14O3. The van der Waals surface area contributed by atoms with Crippen molar-refractivity contribution in [2.75, 3.05) is 13.7 Å². The minimum Gasteiger partial charge on any atom is -0.492 e. The molecule has 2 aromatic rings. The highest BCUT2D eigenvalue weighted by Gasteiger charge is 2.03. The highest BCUT2D eigenvalue weighted by Crippen LogP contribution is 2.25. The van der Waals surface area contributed by atoms with Gasteiger partial charge in [0.2, 0.25) is 0 Å². The van der Waals surface area contributed by atoms with Crippen LogP contribution >= 0.6 is 0 Å². The van der Waals surface area contributed by atoms with Crippen molar-refractivity contribution < 1.29 is 14.3 Å². The van der Waals surface area contributed by atoms with E-state index in [1.165, 1.54) is 7.11 Å². The second kappa shape index (κ2) is 5.34. The summed E-state index contributed by atoms with van der Waals surface area (Å²) in [4.78, 5) is 11.0. The van der Waals surface area contributed by atoms with Crippen molar-refractivity contribution in [1.29, 1.82) is 0 Å². The Hall–Kier alpha value is -2.03. The number of esters is 1. The van der Waals surface area contributed by atoms with Crippen molar-refractivity contribution >= 4 is 16.7 Å². The molecular weight excluding hydrogens is 216 g/mol. The SMILES string of the molecule is COC(=O)CCOc1cccc2ccccc12. The normalized spacial score (nSPS) is 10.2. The number of benzene rings is 2. The van der Waals surface area contributed by atoms with E-state index >= 15 is 0 Å². The molecule has 0 aromatic heterocycles. The molecule has 0 N–H and O–H groups in total. The Balaban J connectivity index is 2.11. The first kappa shape index (κ1) is 11.5. The zero-order valence-electron chi connectivity index (χ0n) is 9.68. The topological polar surface area (TPSA) is 35.5 Å². The number of methoxy groups -OCH3 is 1. The van der Waals surface area contributed by atoms with Crippen LogP contribution in [0, 0.1) is 0 Å². The molecule has 0 radical (unpaired) electrons. The summed E-state index contributed by atoms with van der Waals surface area (Å²) >= 11 is 0. The van der Waals surface area contributed by atoms with Gasteiger partial charge in [-0.25, -0.2) is 0 Å². The van der Waals surface area contributed by atoms with Crippen LogP contribution < -0.4 is 4.74 Å². The Bertz CT molecular complexity index is 514. The van der Waals surface area contributed by atoms with E-state index in [-0.39, 0.29) is 12.4 Å². The van der Waals surface area contributed by atoms with Gasteiger partial charge in [0.25, 0.3) is 0 Å². The van der Waals surface area contributed by atoms with Gasteiger partial charge in [-0.2, -0.15) is 0 Å². The number of fused-ring (bicyclic) bond motifs is 1. The molecule has 3 heteroatoms. The maximum atomic E-state index is 11.0. The molecule has 0 aliphatic heterocycles. The van der Waals surface area contributed by atoms with Gasteiger partial charge >= 0.3 is 5.97 Å². The number of carbonyl (C=O) groups excluding carboxylic acids is 1. The van der Waals surface area contributed by atoms with Gasteiger partial charge < -0.3 is 9.47 Å². The first-order valence-electron chi connectivity index (χ1n) is 5.48. The van der Waals surface area contributed by atoms with Gasteiger partial charge in [0.05, 0.1) is 20.1 Å². The fourth-order valence-corrected chi connectivity index (χ4v) is 1.67. The van der Waals surface area contributed by atoms with Crippen molar-refractivity contribution in [1.82, 2.24) is 0 Å². The number of carbonyl (C=O) groups is 1. The predicted octanol–water partition coefficient (Wildman–Crippen LogP) is 2.78. The average Bonchev–Trinajstić information content (AvgIpc) is 2.39. The molecule has 3 nitrogen and oxygen atoms in total. The van der Waals surface area contributed by atoms with E-state index < -0.39 is 0 Å². The second-order valence-electron chi connectivity index (χ2n) is 3.65. The molecule has 0 saturated carbocycles. The summed E-state index contributed by atoms with van der Waals surface area (Å²) in [5.74, 6) is 0.539. The van der Waals surface area contributed by atoms with Crippen LogP contribution in [0.2, 0.25) is 0 Å². The minimum atomic E-state index is -0.259. The predicted molar refractivity (Wildman–Crippen MR) is 66.1 cm³/mol. The lowest BCUT2D eigenvalue weighted by Gasteiger charge is -2.08. The maximum Gasteiger partial charge on any atom is 0.308 e. The average molecular weight is 230 g/mol. The van der Waals surface area contributed by atoms with Crippen molar-refractivity contribution in [3.63, 3.8) is 0 Å². The van der Waals surface area contributed by atoms with E-state index in [1.807, 2.05) is 42.5 Å². The first-order valence-corrected chi connectivity index (χ1v) is 5.48. The monoisotopic (exact) mass is 230 g/mol. The van der Waals surface area contributed by atoms with Gasteiger partial charge in [-0.15, -0.1) is 0 Å². The largest absolute Gasteiger partial charge is 0.492 e. The van der Waals surface area contributed by atoms with Crippen molar-refractivity contribution in [2.24, 2.45) is 0 Å². The quantitative estimate of drug-likeness (QED) is 0.758. The van der Waals surface area contributed by atoms with E-state index in [4.69, 9.17) is 4.74 Å². The van der Waals surface area contributed by atoms with E-state index in [0.29, 0.717) is 6.61 Å². The third kappa shape index (κ3) is 2.75. The van der Waals surface area contributed by atoms with Crippen LogP contribution in [-0.2, 0) is 9.53 Å². The lowest BCUT2D eigenvalue weighted by atomic mass is 10.1. The van der Waals surface area contributed by atoms with Crippen molar-refractivity contribution in [3.05, 3.63) is 42.5 Å². The molecule has 0 atom stereocenters. The number of rotatable bonds is 4. The van der Waals surface area contributed by atoms with Crippen molar-refractivity contribution in [2.45, 2.75) is 6.42 Å². The second-order valence-corrected chi connectivity index (χ2v) is 3.65. The lowest BCUT2D eigenvalue weighted by molar-refractivity contribution is -0.141. The number of hydrogen-bond acceptors (Lipinski definition) is 3. The van der Waals surface area contributed by atoms with Crippen LogP contribution in [-0.4, -0.2) is 19.7 Å². The van der Waals surface area contributed by atoms with Crippen LogP contribution in [0.3, 0.4) is 0 Å². The van der Waals surface area contributed by atoms with Gasteiger partial charge in [0, 0.05) is 5.39 Å². The standard InChI is InChI=1S/C14H14O3/c1-16-14(15)9-10-17-13-8-4-6-11-5-2-3-7-12(11)13/h2-8H,9-10H2,1H3. The van der Waals surface area contributed by atoms with E-state index in [9.17, 15) is 4.79 Å². The minimum absolute atomic E-state index is 0.259. The third-order valence-corrected chi connectivity index (χ3v) is 2.54. The highest BCUT2D eigenvalue weighted by atomic mass is 16.5. The Morgan fingerprint density at radius 1 is 1.12 bits per heavy atom. The highest BCUT2D eigenvalue weighted by molar-refractivity contribution is 5.88. The maximum absolute atomic E-state index is 11.0. The Morgan fingerprint density at radius 3 is 2.71 bits per heavy atom. The fraction of sp³-hybridized carbons (Fsp3) is 0.214. The van der Waals surface area contributed by atoms with E-state index in [0.717, 1.165) is 16.5 Å². The first-order chi connectivity index (χ1) is 8.31. The van der Waals surface area contributed by atoms with Crippen LogP contribution in [0.25, 0.3) is 10.8 Å². The molecule has 0 heterocycles. The Kier molecular flexibility index (Phi) is 3.60. The number of ether oxygens (including phenoxy) is 2. The van der Waals surface area contributed by atoms with Gasteiger partial charge in [0.1, 0.15) is 5.75 Å². The van der Waals surface area contributed by atoms with Crippen LogP contribution in [0.4, 0.5) is 0 Å². The molecule has 2 rings (SSSR count). The summed E-state index contributed by atoms with van der Waals surface area (Å²) in [6.45, 7) is 0.334. The van der Waals surface area contributed by atoms with Crippen molar-refractivity contribution in [3.8, 4) is 5.75 Å². The summed E-state index contributed by atoms with van der Waals surface area (Å²) in [6, 6.07) is 13.9. The summed E-state index contributed by atoms with van der Waals surface area (Å²) < 4.78 is 10.1. The van der Waals surface area contributed by atoms with E-state index in [2.05, 4.69) is 4.74 Å². The molecule has 0 bridgehead atoms. The molecule has 0 unspecified atom stereocenters. The van der Waals surface area contributed by atoms with Crippen LogP contribution in [0.5, 0.6) is 5.75 Å². The van der Waals surface area contributed by atoms with Gasteiger partial charge in [-0.3, -0.25) is 4.79 Å². The summed E-state index contributed by atoms with van der Waals surface area (Å²) in [5, 5.41) is 2.18. The molecule has 2 aromatic carbocycles. The molecule has 88 valence electrons. The third-order valence-electron chi connectivity index (χ3n) is 2.54. The molecule has 0 amide bonds. The number of hydrogen-bond donors (Lipinski definition) is 0. The fourth-order valence-electron chi connectivity index (χ4n) is 1.67. The van der Waals surface area contributed by atoms with Gasteiger partial charge in [0.15, 0.2) is 0 Å². The molecule has 17 heavy (non-hydrogen) atoms. The lowest BCUT2D eigenvalue weighted by Crippen LogP contribution is -2.07. The zero-order chi connectivity index (χ0) is 12.1. The molecule has 0 fully saturated rings. The van der Waals surface area contributed by atoms with Gasteiger partial charge in [-0.05, 0) is 11.5 Å². The zero-order valence-corrected chi connectivity index (χ0v) is 9.68. The van der Waals surface area contributed by atoms with E-state index in [1.54, 1.807) is 0 Å².